The first kappa shape index (κ1) is 25.7. The second-order valence-corrected chi connectivity index (χ2v) is 10.5. The SMILES string of the molecule is CN(C)CCCc1cc(N(C)C)c2c(c1O)C(O)=C1C(=O)[C@]3(O)C(O)=C(C(N)=O)C(=O)C[C@@H]3C[C@@H]1C2. The highest BCUT2D eigenvalue weighted by molar-refractivity contribution is 6.22. The van der Waals surface area contributed by atoms with Crippen molar-refractivity contribution in [2.24, 2.45) is 17.6 Å². The number of primary amides is 1. The number of rotatable bonds is 6. The lowest BCUT2D eigenvalue weighted by Crippen LogP contribution is -2.58. The lowest BCUT2D eigenvalue weighted by Gasteiger charge is -2.46. The first-order chi connectivity index (χ1) is 16.8. The fourth-order valence-electron chi connectivity index (χ4n) is 5.90. The molecule has 0 radical (unpaired) electrons. The molecule has 0 unspecified atom stereocenters. The minimum Gasteiger partial charge on any atom is -0.508 e. The molecule has 1 amide bonds. The molecule has 0 saturated heterocycles. The van der Waals surface area contributed by atoms with Gasteiger partial charge in [0.25, 0.3) is 5.91 Å². The molecule has 4 rings (SSSR count). The van der Waals surface area contributed by atoms with Crippen LogP contribution in [0.5, 0.6) is 5.75 Å². The quantitative estimate of drug-likeness (QED) is 0.359. The van der Waals surface area contributed by atoms with Crippen LogP contribution >= 0.6 is 0 Å². The standard InChI is InChI=1S/C26H33N3O7/c1-28(2)7-5-6-12-10-16(29(3)4)15-9-13-8-14-11-17(30)20(25(27)35)24(34)26(14,36)23(33)18(13)22(32)19(15)21(12)31/h10,13-14,31-32,34,36H,5-9,11H2,1-4H3,(H2,27,35)/t13-,14+,26+/m1/s1. The lowest BCUT2D eigenvalue weighted by atomic mass is 9.59. The Morgan fingerprint density at radius 1 is 1.14 bits per heavy atom. The van der Waals surface area contributed by atoms with Gasteiger partial charge in [-0.05, 0) is 69.4 Å². The Kier molecular flexibility index (Phi) is 6.38. The fraction of sp³-hybridized carbons (Fsp3) is 0.500. The number of aliphatic hydroxyl groups is 3. The second kappa shape index (κ2) is 8.94. The first-order valence-corrected chi connectivity index (χ1v) is 12.0. The summed E-state index contributed by atoms with van der Waals surface area (Å²) in [6.45, 7) is 0.794. The number of anilines is 1. The number of aliphatic hydroxyl groups excluding tert-OH is 2. The van der Waals surface area contributed by atoms with Crippen LogP contribution in [0.3, 0.4) is 0 Å². The highest BCUT2D eigenvalue weighted by Crippen LogP contribution is 2.53. The van der Waals surface area contributed by atoms with Crippen LogP contribution in [0.25, 0.3) is 5.76 Å². The van der Waals surface area contributed by atoms with Crippen LogP contribution in [-0.2, 0) is 27.2 Å². The minimum absolute atomic E-state index is 0.112. The summed E-state index contributed by atoms with van der Waals surface area (Å²) in [5, 5.41) is 44.6. The van der Waals surface area contributed by atoms with E-state index in [9.17, 15) is 34.8 Å². The van der Waals surface area contributed by atoms with Gasteiger partial charge in [0, 0.05) is 37.7 Å². The van der Waals surface area contributed by atoms with Gasteiger partial charge in [0.05, 0.1) is 5.56 Å². The molecule has 0 heterocycles. The molecule has 1 aromatic carbocycles. The Morgan fingerprint density at radius 3 is 2.39 bits per heavy atom. The summed E-state index contributed by atoms with van der Waals surface area (Å²) in [4.78, 5) is 41.8. The Labute approximate surface area is 209 Å². The number of hydrogen-bond donors (Lipinski definition) is 5. The molecular formula is C26H33N3O7. The maximum absolute atomic E-state index is 13.7. The summed E-state index contributed by atoms with van der Waals surface area (Å²) >= 11 is 0. The number of aryl methyl sites for hydroxylation is 1. The Bertz CT molecular complexity index is 1230. The van der Waals surface area contributed by atoms with Crippen molar-refractivity contribution in [2.75, 3.05) is 39.6 Å². The fourth-order valence-corrected chi connectivity index (χ4v) is 5.90. The number of phenols is 1. The largest absolute Gasteiger partial charge is 0.508 e. The van der Waals surface area contributed by atoms with Gasteiger partial charge in [0.2, 0.25) is 5.78 Å². The van der Waals surface area contributed by atoms with Crippen molar-refractivity contribution in [2.45, 2.75) is 37.7 Å². The van der Waals surface area contributed by atoms with Crippen molar-refractivity contribution in [1.29, 1.82) is 0 Å². The highest BCUT2D eigenvalue weighted by atomic mass is 16.3. The van der Waals surface area contributed by atoms with Crippen LogP contribution in [0.2, 0.25) is 0 Å². The van der Waals surface area contributed by atoms with Gasteiger partial charge in [-0.1, -0.05) is 0 Å². The van der Waals surface area contributed by atoms with Gasteiger partial charge < -0.3 is 36.0 Å². The summed E-state index contributed by atoms with van der Waals surface area (Å²) in [7, 11) is 7.61. The molecule has 10 heteroatoms. The number of Topliss-reactive ketones (excluding diaryl/α,β-unsaturated/α-hetero) is 2. The molecule has 194 valence electrons. The molecule has 1 aromatic rings. The van der Waals surface area contributed by atoms with Crippen molar-refractivity contribution < 1.29 is 34.8 Å². The van der Waals surface area contributed by atoms with Crippen LogP contribution in [-0.4, -0.2) is 83.1 Å². The topological polar surface area (TPSA) is 165 Å². The maximum atomic E-state index is 13.7. The third-order valence-corrected chi connectivity index (χ3v) is 7.65. The molecule has 1 saturated carbocycles. The highest BCUT2D eigenvalue weighted by Gasteiger charge is 2.60. The maximum Gasteiger partial charge on any atom is 0.255 e. The minimum atomic E-state index is -2.56. The molecule has 36 heavy (non-hydrogen) atoms. The van der Waals surface area contributed by atoms with Crippen LogP contribution in [0.15, 0.2) is 23.0 Å². The number of hydrogen-bond acceptors (Lipinski definition) is 9. The van der Waals surface area contributed by atoms with Gasteiger partial charge in [-0.2, -0.15) is 0 Å². The van der Waals surface area contributed by atoms with E-state index in [4.69, 9.17) is 5.73 Å². The van der Waals surface area contributed by atoms with E-state index >= 15 is 0 Å². The molecule has 1 fully saturated rings. The van der Waals surface area contributed by atoms with E-state index in [0.717, 1.165) is 18.7 Å². The van der Waals surface area contributed by atoms with E-state index in [1.165, 1.54) is 0 Å². The first-order valence-electron chi connectivity index (χ1n) is 12.0. The van der Waals surface area contributed by atoms with E-state index in [1.807, 2.05) is 44.1 Å². The van der Waals surface area contributed by atoms with Gasteiger partial charge >= 0.3 is 0 Å². The molecule has 0 spiro atoms. The number of ketones is 2. The predicted molar refractivity (Wildman–Crippen MR) is 133 cm³/mol. The number of carbonyl (C=O) groups is 3. The second-order valence-electron chi connectivity index (χ2n) is 10.5. The number of aromatic hydroxyl groups is 1. The van der Waals surface area contributed by atoms with Crippen molar-refractivity contribution in [1.82, 2.24) is 4.90 Å². The zero-order chi connectivity index (χ0) is 26.7. The van der Waals surface area contributed by atoms with Crippen LogP contribution in [0, 0.1) is 11.8 Å². The molecule has 3 aliphatic rings. The average Bonchev–Trinajstić information content (AvgIpc) is 2.77. The molecule has 10 nitrogen and oxygen atoms in total. The predicted octanol–water partition coefficient (Wildman–Crippen LogP) is 0.984. The van der Waals surface area contributed by atoms with Gasteiger partial charge in [0.15, 0.2) is 11.4 Å². The number of benzene rings is 1. The van der Waals surface area contributed by atoms with E-state index in [-0.39, 0.29) is 36.1 Å². The van der Waals surface area contributed by atoms with E-state index in [2.05, 4.69) is 0 Å². The number of amides is 1. The molecule has 0 aliphatic heterocycles. The summed E-state index contributed by atoms with van der Waals surface area (Å²) in [5.74, 6) is -6.14. The number of nitrogens with two attached hydrogens (primary N) is 1. The van der Waals surface area contributed by atoms with Crippen LogP contribution < -0.4 is 10.6 Å². The average molecular weight is 500 g/mol. The molecule has 6 N–H and O–H groups in total. The summed E-state index contributed by atoms with van der Waals surface area (Å²) in [5.41, 5.74) is 3.96. The monoisotopic (exact) mass is 499 g/mol. The van der Waals surface area contributed by atoms with E-state index < -0.39 is 52.0 Å². The lowest BCUT2D eigenvalue weighted by molar-refractivity contribution is -0.147. The normalized spacial score (nSPS) is 25.6. The van der Waals surface area contributed by atoms with Crippen molar-refractivity contribution in [3.05, 3.63) is 39.7 Å². The Morgan fingerprint density at radius 2 is 1.81 bits per heavy atom. The Balaban J connectivity index is 1.88. The summed E-state index contributed by atoms with van der Waals surface area (Å²) in [6.07, 6.45) is 1.36. The smallest absolute Gasteiger partial charge is 0.255 e. The summed E-state index contributed by atoms with van der Waals surface area (Å²) < 4.78 is 0. The summed E-state index contributed by atoms with van der Waals surface area (Å²) in [6, 6.07) is 1.89. The van der Waals surface area contributed by atoms with Crippen LogP contribution in [0.4, 0.5) is 5.69 Å². The number of nitrogens with zero attached hydrogens (tertiary/aromatic N) is 2. The van der Waals surface area contributed by atoms with Gasteiger partial charge in [0.1, 0.15) is 22.8 Å². The van der Waals surface area contributed by atoms with Gasteiger partial charge in [-0.3, -0.25) is 14.4 Å². The zero-order valence-corrected chi connectivity index (χ0v) is 21.0. The number of phenolic OH excluding ortho intramolecular Hbond substituents is 1. The molecular weight excluding hydrogens is 466 g/mol. The van der Waals surface area contributed by atoms with Crippen molar-refractivity contribution in [3.8, 4) is 5.75 Å². The van der Waals surface area contributed by atoms with Crippen molar-refractivity contribution in [3.63, 3.8) is 0 Å². The van der Waals surface area contributed by atoms with E-state index in [1.54, 1.807) is 0 Å². The zero-order valence-electron chi connectivity index (χ0n) is 21.0. The van der Waals surface area contributed by atoms with Gasteiger partial charge in [-0.25, -0.2) is 0 Å². The number of fused-ring (bicyclic) bond motifs is 3. The molecule has 0 aromatic heterocycles. The van der Waals surface area contributed by atoms with Crippen LogP contribution in [0.1, 0.15) is 36.0 Å². The Hall–Kier alpha value is -3.37. The molecule has 3 aliphatic carbocycles. The molecule has 3 atom stereocenters. The number of carbonyl (C=O) groups excluding carboxylic acids is 3. The van der Waals surface area contributed by atoms with Gasteiger partial charge in [-0.15, -0.1) is 0 Å². The van der Waals surface area contributed by atoms with E-state index in [0.29, 0.717) is 17.5 Å². The van der Waals surface area contributed by atoms with Crippen molar-refractivity contribution >= 4 is 28.9 Å². The molecule has 0 bridgehead atoms. The third-order valence-electron chi connectivity index (χ3n) is 7.65. The third kappa shape index (κ3) is 3.75.